The smallest absolute Gasteiger partial charge is 0.237 e. The first kappa shape index (κ1) is 15.8. The molecule has 1 saturated heterocycles. The van der Waals surface area contributed by atoms with Crippen LogP contribution in [0.2, 0.25) is 0 Å². The van der Waals surface area contributed by atoms with Gasteiger partial charge in [0, 0.05) is 24.2 Å². The van der Waals surface area contributed by atoms with Crippen LogP contribution in [0.3, 0.4) is 0 Å². The summed E-state index contributed by atoms with van der Waals surface area (Å²) in [5.74, 6) is -0.212. The van der Waals surface area contributed by atoms with E-state index in [1.165, 1.54) is 32.1 Å². The number of amides is 1. The zero-order chi connectivity index (χ0) is 14.9. The SMILES string of the molecule is CCC1CCC(C)N1C(C)CC(C)(NC1CC1)C(N)=O. The molecular formula is C16H31N3O. The maximum atomic E-state index is 11.9. The second kappa shape index (κ2) is 6.02. The molecule has 4 unspecified atom stereocenters. The summed E-state index contributed by atoms with van der Waals surface area (Å²) in [5, 5.41) is 3.47. The number of carbonyl (C=O) groups excluding carboxylic acids is 1. The lowest BCUT2D eigenvalue weighted by Gasteiger charge is -2.39. The molecule has 4 nitrogen and oxygen atoms in total. The zero-order valence-electron chi connectivity index (χ0n) is 13.5. The Morgan fingerprint density at radius 2 is 2.05 bits per heavy atom. The summed E-state index contributed by atoms with van der Waals surface area (Å²) in [4.78, 5) is 14.5. The average Bonchev–Trinajstić information content (AvgIpc) is 3.08. The summed E-state index contributed by atoms with van der Waals surface area (Å²) >= 11 is 0. The first-order valence-corrected chi connectivity index (χ1v) is 8.22. The van der Waals surface area contributed by atoms with E-state index in [4.69, 9.17) is 5.73 Å². The highest BCUT2D eigenvalue weighted by molar-refractivity contribution is 5.84. The quantitative estimate of drug-likeness (QED) is 0.750. The Labute approximate surface area is 123 Å². The molecule has 4 heteroatoms. The highest BCUT2D eigenvalue weighted by Crippen LogP contribution is 2.32. The molecule has 0 radical (unpaired) electrons. The first-order valence-electron chi connectivity index (χ1n) is 8.22. The van der Waals surface area contributed by atoms with E-state index in [-0.39, 0.29) is 5.91 Å². The molecule has 116 valence electrons. The van der Waals surface area contributed by atoms with Crippen LogP contribution in [0.5, 0.6) is 0 Å². The van der Waals surface area contributed by atoms with Crippen LogP contribution in [0.25, 0.3) is 0 Å². The molecule has 1 amide bonds. The molecule has 1 heterocycles. The molecular weight excluding hydrogens is 250 g/mol. The van der Waals surface area contributed by atoms with Gasteiger partial charge in [-0.1, -0.05) is 6.92 Å². The van der Waals surface area contributed by atoms with Gasteiger partial charge in [-0.05, 0) is 59.3 Å². The lowest BCUT2D eigenvalue weighted by Crippen LogP contribution is -2.57. The molecule has 0 aromatic rings. The highest BCUT2D eigenvalue weighted by atomic mass is 16.1. The van der Waals surface area contributed by atoms with E-state index in [2.05, 4.69) is 31.0 Å². The number of primary amides is 1. The maximum absolute atomic E-state index is 11.9. The molecule has 1 aliphatic carbocycles. The fourth-order valence-corrected chi connectivity index (χ4v) is 3.91. The lowest BCUT2D eigenvalue weighted by molar-refractivity contribution is -0.124. The van der Waals surface area contributed by atoms with Crippen molar-refractivity contribution in [3.05, 3.63) is 0 Å². The third-order valence-electron chi connectivity index (χ3n) is 5.18. The average molecular weight is 281 g/mol. The Hall–Kier alpha value is -0.610. The van der Waals surface area contributed by atoms with Crippen molar-refractivity contribution in [1.29, 1.82) is 0 Å². The Kier molecular flexibility index (Phi) is 4.75. The number of rotatable bonds is 7. The molecule has 2 fully saturated rings. The monoisotopic (exact) mass is 281 g/mol. The minimum atomic E-state index is -0.568. The molecule has 2 rings (SSSR count). The normalized spacial score (nSPS) is 32.0. The third-order valence-corrected chi connectivity index (χ3v) is 5.18. The van der Waals surface area contributed by atoms with E-state index in [0.717, 1.165) is 6.42 Å². The van der Waals surface area contributed by atoms with E-state index in [9.17, 15) is 4.79 Å². The van der Waals surface area contributed by atoms with Crippen molar-refractivity contribution in [2.45, 2.75) is 95.9 Å². The van der Waals surface area contributed by atoms with E-state index in [1.54, 1.807) is 0 Å². The molecule has 0 bridgehead atoms. The van der Waals surface area contributed by atoms with Crippen molar-refractivity contribution in [2.24, 2.45) is 5.73 Å². The molecule has 4 atom stereocenters. The van der Waals surface area contributed by atoms with Gasteiger partial charge in [0.1, 0.15) is 0 Å². The highest BCUT2D eigenvalue weighted by Gasteiger charge is 2.41. The standard InChI is InChI=1S/C16H31N3O/c1-5-14-9-6-11(2)19(14)12(3)10-16(4,15(17)20)18-13-7-8-13/h11-14,18H,5-10H2,1-4H3,(H2,17,20). The molecule has 1 aliphatic heterocycles. The van der Waals surface area contributed by atoms with Gasteiger partial charge in [0.25, 0.3) is 0 Å². The first-order chi connectivity index (χ1) is 9.37. The molecule has 3 N–H and O–H groups in total. The fourth-order valence-electron chi connectivity index (χ4n) is 3.91. The largest absolute Gasteiger partial charge is 0.368 e. The second-order valence-electron chi connectivity index (χ2n) is 7.10. The fraction of sp³-hybridized carbons (Fsp3) is 0.938. The van der Waals surface area contributed by atoms with Crippen molar-refractivity contribution < 1.29 is 4.79 Å². The van der Waals surface area contributed by atoms with Gasteiger partial charge in [0.2, 0.25) is 5.91 Å². The predicted molar refractivity (Wildman–Crippen MR) is 82.5 cm³/mol. The van der Waals surface area contributed by atoms with Crippen LogP contribution in [0.1, 0.15) is 66.2 Å². The number of likely N-dealkylation sites (tertiary alicyclic amines) is 1. The summed E-state index contributed by atoms with van der Waals surface area (Å²) in [6.45, 7) is 8.80. The van der Waals surface area contributed by atoms with Crippen molar-refractivity contribution in [3.63, 3.8) is 0 Å². The van der Waals surface area contributed by atoms with Gasteiger partial charge in [-0.25, -0.2) is 0 Å². The predicted octanol–water partition coefficient (Wildman–Crippen LogP) is 2.02. The van der Waals surface area contributed by atoms with E-state index in [0.29, 0.717) is 24.2 Å². The number of hydrogen-bond acceptors (Lipinski definition) is 3. The van der Waals surface area contributed by atoms with Crippen molar-refractivity contribution in [2.75, 3.05) is 0 Å². The molecule has 0 spiro atoms. The molecule has 2 aliphatic rings. The van der Waals surface area contributed by atoms with Crippen LogP contribution in [-0.4, -0.2) is 40.5 Å². The van der Waals surface area contributed by atoms with E-state index in [1.807, 2.05) is 6.92 Å². The number of nitrogens with one attached hydrogen (secondary N) is 1. The number of hydrogen-bond donors (Lipinski definition) is 2. The number of nitrogens with zero attached hydrogens (tertiary/aromatic N) is 1. The van der Waals surface area contributed by atoms with Crippen molar-refractivity contribution in [3.8, 4) is 0 Å². The summed E-state index contributed by atoms with van der Waals surface area (Å²) in [6, 6.07) is 2.17. The van der Waals surface area contributed by atoms with Crippen molar-refractivity contribution >= 4 is 5.91 Å². The van der Waals surface area contributed by atoms with E-state index >= 15 is 0 Å². The molecule has 20 heavy (non-hydrogen) atoms. The molecule has 0 aromatic heterocycles. The van der Waals surface area contributed by atoms with Crippen LogP contribution in [0.4, 0.5) is 0 Å². The van der Waals surface area contributed by atoms with Gasteiger partial charge in [0.15, 0.2) is 0 Å². The number of carbonyl (C=O) groups is 1. The van der Waals surface area contributed by atoms with Crippen molar-refractivity contribution in [1.82, 2.24) is 10.2 Å². The van der Waals surface area contributed by atoms with Gasteiger partial charge >= 0.3 is 0 Å². The van der Waals surface area contributed by atoms with Gasteiger partial charge in [0.05, 0.1) is 5.54 Å². The minimum Gasteiger partial charge on any atom is -0.368 e. The van der Waals surface area contributed by atoms with Crippen LogP contribution < -0.4 is 11.1 Å². The summed E-state index contributed by atoms with van der Waals surface area (Å²) in [7, 11) is 0. The Bertz CT molecular complexity index is 356. The topological polar surface area (TPSA) is 58.4 Å². The van der Waals surface area contributed by atoms with Crippen LogP contribution in [0.15, 0.2) is 0 Å². The molecule has 0 aromatic carbocycles. The van der Waals surface area contributed by atoms with Gasteiger partial charge in [-0.2, -0.15) is 0 Å². The lowest BCUT2D eigenvalue weighted by atomic mass is 9.91. The zero-order valence-corrected chi connectivity index (χ0v) is 13.5. The number of nitrogens with two attached hydrogens (primary N) is 1. The Morgan fingerprint density at radius 1 is 1.40 bits per heavy atom. The van der Waals surface area contributed by atoms with Gasteiger partial charge < -0.3 is 11.1 Å². The minimum absolute atomic E-state index is 0.212. The third kappa shape index (κ3) is 3.34. The Morgan fingerprint density at radius 3 is 2.55 bits per heavy atom. The summed E-state index contributed by atoms with van der Waals surface area (Å²) < 4.78 is 0. The van der Waals surface area contributed by atoms with Crippen LogP contribution in [0, 0.1) is 0 Å². The maximum Gasteiger partial charge on any atom is 0.237 e. The second-order valence-corrected chi connectivity index (χ2v) is 7.10. The summed E-state index contributed by atoms with van der Waals surface area (Å²) in [6.07, 6.45) is 6.90. The molecule has 1 saturated carbocycles. The summed E-state index contributed by atoms with van der Waals surface area (Å²) in [5.41, 5.74) is 5.11. The van der Waals surface area contributed by atoms with E-state index < -0.39 is 5.54 Å². The van der Waals surface area contributed by atoms with Crippen LogP contribution in [-0.2, 0) is 4.79 Å². The van der Waals surface area contributed by atoms with Crippen LogP contribution >= 0.6 is 0 Å². The van der Waals surface area contributed by atoms with Gasteiger partial charge in [-0.15, -0.1) is 0 Å². The van der Waals surface area contributed by atoms with Gasteiger partial charge in [-0.3, -0.25) is 9.69 Å². The Balaban J connectivity index is 2.03.